The Morgan fingerprint density at radius 3 is 2.48 bits per heavy atom. The molecule has 104 valence electrons. The van der Waals surface area contributed by atoms with Gasteiger partial charge < -0.3 is 9.88 Å². The van der Waals surface area contributed by atoms with Gasteiger partial charge in [0, 0.05) is 29.3 Å². The standard InChI is InChI=1S/C18H17N3/c1-13-16-5-3-4-6-17(16)21(2)18(13)12-20-15-9-7-14(11-19)8-10-15/h3-10,20H,12H2,1-2H3. The number of aryl methyl sites for hydroxylation is 2. The van der Waals surface area contributed by atoms with E-state index in [-0.39, 0.29) is 0 Å². The number of nitrogens with zero attached hydrogens (tertiary/aromatic N) is 2. The molecule has 0 amide bonds. The molecule has 0 aliphatic rings. The summed E-state index contributed by atoms with van der Waals surface area (Å²) in [6.45, 7) is 2.93. The van der Waals surface area contributed by atoms with Crippen molar-refractivity contribution in [1.29, 1.82) is 5.26 Å². The molecule has 3 heteroatoms. The highest BCUT2D eigenvalue weighted by atomic mass is 15.0. The van der Waals surface area contributed by atoms with Crippen molar-refractivity contribution >= 4 is 16.6 Å². The molecule has 3 aromatic rings. The number of hydrogen-bond donors (Lipinski definition) is 1. The first-order chi connectivity index (χ1) is 10.2. The van der Waals surface area contributed by atoms with E-state index in [9.17, 15) is 0 Å². The van der Waals surface area contributed by atoms with Crippen LogP contribution in [-0.4, -0.2) is 4.57 Å². The quantitative estimate of drug-likeness (QED) is 0.785. The Balaban J connectivity index is 1.86. The molecule has 1 aromatic heterocycles. The fourth-order valence-corrected chi connectivity index (χ4v) is 2.74. The second-order valence-corrected chi connectivity index (χ2v) is 5.19. The third kappa shape index (κ3) is 2.36. The SMILES string of the molecule is Cc1c(CNc2ccc(C#N)cc2)n(C)c2ccccc12. The maximum Gasteiger partial charge on any atom is 0.0991 e. The Morgan fingerprint density at radius 2 is 1.81 bits per heavy atom. The van der Waals surface area contributed by atoms with E-state index >= 15 is 0 Å². The molecule has 0 spiro atoms. The Labute approximate surface area is 124 Å². The van der Waals surface area contributed by atoms with Crippen LogP contribution in [0.2, 0.25) is 0 Å². The zero-order valence-electron chi connectivity index (χ0n) is 12.2. The zero-order chi connectivity index (χ0) is 14.8. The smallest absolute Gasteiger partial charge is 0.0991 e. The van der Waals surface area contributed by atoms with E-state index in [2.05, 4.69) is 54.2 Å². The topological polar surface area (TPSA) is 40.8 Å². The second kappa shape index (κ2) is 5.34. The molecule has 0 atom stereocenters. The van der Waals surface area contributed by atoms with Crippen LogP contribution in [0.1, 0.15) is 16.8 Å². The summed E-state index contributed by atoms with van der Waals surface area (Å²) in [5.74, 6) is 0. The summed E-state index contributed by atoms with van der Waals surface area (Å²) in [5.41, 5.74) is 5.56. The van der Waals surface area contributed by atoms with E-state index in [1.807, 2.05) is 24.3 Å². The number of hydrogen-bond acceptors (Lipinski definition) is 2. The first-order valence-electron chi connectivity index (χ1n) is 6.97. The van der Waals surface area contributed by atoms with Gasteiger partial charge in [0.1, 0.15) is 0 Å². The molecule has 3 rings (SSSR count). The highest BCUT2D eigenvalue weighted by Crippen LogP contribution is 2.25. The van der Waals surface area contributed by atoms with Crippen LogP contribution in [0, 0.1) is 18.3 Å². The summed E-state index contributed by atoms with van der Waals surface area (Å²) in [7, 11) is 2.10. The molecule has 0 fully saturated rings. The van der Waals surface area contributed by atoms with Crippen molar-refractivity contribution in [1.82, 2.24) is 4.57 Å². The molecule has 1 N–H and O–H groups in total. The Morgan fingerprint density at radius 1 is 1.10 bits per heavy atom. The molecular weight excluding hydrogens is 258 g/mol. The lowest BCUT2D eigenvalue weighted by Gasteiger charge is -2.09. The number of nitrogens with one attached hydrogen (secondary N) is 1. The summed E-state index contributed by atoms with van der Waals surface area (Å²) in [5, 5.41) is 13.5. The zero-order valence-corrected chi connectivity index (χ0v) is 12.2. The van der Waals surface area contributed by atoms with Crippen molar-refractivity contribution in [2.75, 3.05) is 5.32 Å². The fraction of sp³-hybridized carbons (Fsp3) is 0.167. The van der Waals surface area contributed by atoms with E-state index in [0.29, 0.717) is 5.56 Å². The summed E-state index contributed by atoms with van der Waals surface area (Å²) >= 11 is 0. The highest BCUT2D eigenvalue weighted by Gasteiger charge is 2.10. The Bertz CT molecular complexity index is 781. The molecule has 0 radical (unpaired) electrons. The van der Waals surface area contributed by atoms with Crippen molar-refractivity contribution in [2.45, 2.75) is 13.5 Å². The molecule has 21 heavy (non-hydrogen) atoms. The lowest BCUT2D eigenvalue weighted by molar-refractivity contribution is 0.862. The summed E-state index contributed by atoms with van der Waals surface area (Å²) in [4.78, 5) is 0. The number of rotatable bonds is 3. The van der Waals surface area contributed by atoms with Gasteiger partial charge in [-0.15, -0.1) is 0 Å². The van der Waals surface area contributed by atoms with Gasteiger partial charge >= 0.3 is 0 Å². The predicted octanol–water partition coefficient (Wildman–Crippen LogP) is 3.97. The molecule has 1 heterocycles. The van der Waals surface area contributed by atoms with Crippen LogP contribution in [0.25, 0.3) is 10.9 Å². The van der Waals surface area contributed by atoms with Crippen LogP contribution in [0.15, 0.2) is 48.5 Å². The van der Waals surface area contributed by atoms with Crippen LogP contribution >= 0.6 is 0 Å². The van der Waals surface area contributed by atoms with Crippen molar-refractivity contribution in [2.24, 2.45) is 7.05 Å². The van der Waals surface area contributed by atoms with Crippen molar-refractivity contribution < 1.29 is 0 Å². The molecule has 0 aliphatic carbocycles. The number of para-hydroxylation sites is 1. The lowest BCUT2D eigenvalue weighted by atomic mass is 10.1. The third-order valence-electron chi connectivity index (χ3n) is 3.98. The van der Waals surface area contributed by atoms with Gasteiger partial charge in [0.2, 0.25) is 0 Å². The number of benzene rings is 2. The largest absolute Gasteiger partial charge is 0.379 e. The van der Waals surface area contributed by atoms with Crippen molar-refractivity contribution in [3.8, 4) is 6.07 Å². The number of nitriles is 1. The molecule has 0 saturated heterocycles. The number of fused-ring (bicyclic) bond motifs is 1. The maximum atomic E-state index is 8.82. The van der Waals surface area contributed by atoms with Gasteiger partial charge in [-0.3, -0.25) is 0 Å². The monoisotopic (exact) mass is 275 g/mol. The highest BCUT2D eigenvalue weighted by molar-refractivity contribution is 5.85. The van der Waals surface area contributed by atoms with E-state index in [1.54, 1.807) is 0 Å². The predicted molar refractivity (Wildman–Crippen MR) is 86.1 cm³/mol. The van der Waals surface area contributed by atoms with Crippen LogP contribution in [0.5, 0.6) is 0 Å². The Hall–Kier alpha value is -2.73. The van der Waals surface area contributed by atoms with Gasteiger partial charge in [-0.25, -0.2) is 0 Å². The minimum Gasteiger partial charge on any atom is -0.379 e. The van der Waals surface area contributed by atoms with Gasteiger partial charge in [0.25, 0.3) is 0 Å². The van der Waals surface area contributed by atoms with E-state index < -0.39 is 0 Å². The minimum absolute atomic E-state index is 0.682. The van der Waals surface area contributed by atoms with Gasteiger partial charge in [0.05, 0.1) is 18.2 Å². The van der Waals surface area contributed by atoms with Crippen LogP contribution in [-0.2, 0) is 13.6 Å². The number of aromatic nitrogens is 1. The van der Waals surface area contributed by atoms with Gasteiger partial charge in [-0.2, -0.15) is 5.26 Å². The first kappa shape index (κ1) is 13.3. The molecule has 3 nitrogen and oxygen atoms in total. The molecular formula is C18H17N3. The summed E-state index contributed by atoms with van der Waals surface area (Å²) in [6, 6.07) is 18.1. The van der Waals surface area contributed by atoms with Gasteiger partial charge in [-0.05, 0) is 42.8 Å². The van der Waals surface area contributed by atoms with E-state index in [4.69, 9.17) is 5.26 Å². The minimum atomic E-state index is 0.682. The van der Waals surface area contributed by atoms with Crippen LogP contribution in [0.3, 0.4) is 0 Å². The van der Waals surface area contributed by atoms with E-state index in [0.717, 1.165) is 12.2 Å². The molecule has 0 bridgehead atoms. The number of anilines is 1. The summed E-state index contributed by atoms with van der Waals surface area (Å²) < 4.78 is 2.24. The van der Waals surface area contributed by atoms with Crippen molar-refractivity contribution in [3.63, 3.8) is 0 Å². The van der Waals surface area contributed by atoms with E-state index in [1.165, 1.54) is 22.2 Å². The lowest BCUT2D eigenvalue weighted by Crippen LogP contribution is -2.05. The average molecular weight is 275 g/mol. The second-order valence-electron chi connectivity index (χ2n) is 5.19. The molecule has 0 aliphatic heterocycles. The van der Waals surface area contributed by atoms with Crippen molar-refractivity contribution in [3.05, 3.63) is 65.4 Å². The first-order valence-corrected chi connectivity index (χ1v) is 6.97. The van der Waals surface area contributed by atoms with Crippen LogP contribution in [0.4, 0.5) is 5.69 Å². The van der Waals surface area contributed by atoms with Crippen LogP contribution < -0.4 is 5.32 Å². The fourth-order valence-electron chi connectivity index (χ4n) is 2.74. The Kier molecular flexibility index (Phi) is 3.37. The molecule has 2 aromatic carbocycles. The average Bonchev–Trinajstić information content (AvgIpc) is 2.78. The van der Waals surface area contributed by atoms with Gasteiger partial charge in [-0.1, -0.05) is 18.2 Å². The normalized spacial score (nSPS) is 10.5. The van der Waals surface area contributed by atoms with Gasteiger partial charge in [0.15, 0.2) is 0 Å². The summed E-state index contributed by atoms with van der Waals surface area (Å²) in [6.07, 6.45) is 0. The maximum absolute atomic E-state index is 8.82. The molecule has 0 unspecified atom stereocenters. The molecule has 0 saturated carbocycles. The third-order valence-corrected chi connectivity index (χ3v) is 3.98.